The normalized spacial score (nSPS) is 15.3. The first kappa shape index (κ1) is 17.9. The second-order valence-corrected chi connectivity index (χ2v) is 7.44. The Hall–Kier alpha value is -2.46. The second-order valence-electron chi connectivity index (χ2n) is 7.44. The lowest BCUT2D eigenvalue weighted by Crippen LogP contribution is -2.31. The van der Waals surface area contributed by atoms with Gasteiger partial charge in [-0.1, -0.05) is 18.6 Å². The lowest BCUT2D eigenvalue weighted by atomic mass is 10.1. The number of phenolic OH excluding ortho intramolecular Hbond substituents is 1. The number of aromatic nitrogens is 1. The minimum absolute atomic E-state index is 0.307. The number of aromatic hydroxyl groups is 1. The molecule has 1 saturated heterocycles. The molecule has 0 saturated carbocycles. The summed E-state index contributed by atoms with van der Waals surface area (Å²) in [6.45, 7) is 5.24. The van der Waals surface area contributed by atoms with Crippen LogP contribution < -0.4 is 4.74 Å². The van der Waals surface area contributed by atoms with E-state index in [2.05, 4.69) is 39.9 Å². The van der Waals surface area contributed by atoms with Crippen molar-refractivity contribution in [1.29, 1.82) is 0 Å². The van der Waals surface area contributed by atoms with Crippen molar-refractivity contribution in [2.24, 2.45) is 0 Å². The van der Waals surface area contributed by atoms with Gasteiger partial charge in [0.1, 0.15) is 11.5 Å². The lowest BCUT2D eigenvalue weighted by Gasteiger charge is -2.26. The van der Waals surface area contributed by atoms with Crippen molar-refractivity contribution < 1.29 is 9.84 Å². The summed E-state index contributed by atoms with van der Waals surface area (Å²) in [5.74, 6) is 1.25. The quantitative estimate of drug-likeness (QED) is 0.620. The minimum atomic E-state index is 0.307. The Morgan fingerprint density at radius 3 is 2.56 bits per heavy atom. The van der Waals surface area contributed by atoms with E-state index in [1.807, 2.05) is 12.1 Å². The molecule has 0 atom stereocenters. The zero-order chi connectivity index (χ0) is 18.5. The van der Waals surface area contributed by atoms with E-state index in [1.54, 1.807) is 12.1 Å². The van der Waals surface area contributed by atoms with Crippen LogP contribution in [-0.4, -0.2) is 40.8 Å². The number of hydrogen-bond donors (Lipinski definition) is 1. The molecule has 4 rings (SSSR count). The van der Waals surface area contributed by atoms with Gasteiger partial charge in [0.15, 0.2) is 0 Å². The maximum Gasteiger partial charge on any atom is 0.119 e. The maximum absolute atomic E-state index is 9.60. The van der Waals surface area contributed by atoms with Gasteiger partial charge in [-0.05, 0) is 74.3 Å². The van der Waals surface area contributed by atoms with E-state index in [0.29, 0.717) is 5.75 Å². The standard InChI is InChI=1S/C23H28N2O2/c26-21-7-10-23-20(17-21)11-15-25(23)18-19-5-8-22(9-6-19)27-16-4-14-24-12-2-1-3-13-24/h5-11,15,17,26H,1-4,12-14,16,18H2. The monoisotopic (exact) mass is 364 g/mol. The molecule has 0 aliphatic carbocycles. The molecular weight excluding hydrogens is 336 g/mol. The number of ether oxygens (including phenoxy) is 1. The molecule has 0 amide bonds. The van der Waals surface area contributed by atoms with Gasteiger partial charge in [0, 0.05) is 30.2 Å². The van der Waals surface area contributed by atoms with Gasteiger partial charge in [-0.3, -0.25) is 0 Å². The Morgan fingerprint density at radius 1 is 0.926 bits per heavy atom. The Labute approximate surface area is 161 Å². The highest BCUT2D eigenvalue weighted by Gasteiger charge is 2.09. The summed E-state index contributed by atoms with van der Waals surface area (Å²) >= 11 is 0. The highest BCUT2D eigenvalue weighted by molar-refractivity contribution is 5.81. The number of rotatable bonds is 7. The fourth-order valence-corrected chi connectivity index (χ4v) is 3.87. The van der Waals surface area contributed by atoms with Crippen LogP contribution in [0.3, 0.4) is 0 Å². The Morgan fingerprint density at radius 2 is 1.74 bits per heavy atom. The maximum atomic E-state index is 9.60. The van der Waals surface area contributed by atoms with Gasteiger partial charge in [-0.25, -0.2) is 0 Å². The van der Waals surface area contributed by atoms with Crippen molar-refractivity contribution in [3.05, 3.63) is 60.3 Å². The highest BCUT2D eigenvalue weighted by Crippen LogP contribution is 2.22. The van der Waals surface area contributed by atoms with Crippen LogP contribution in [0.4, 0.5) is 0 Å². The SMILES string of the molecule is Oc1ccc2c(ccn2Cc2ccc(OCCCN3CCCCC3)cc2)c1. The molecule has 1 N–H and O–H groups in total. The van der Waals surface area contributed by atoms with Gasteiger partial charge in [0.25, 0.3) is 0 Å². The first-order valence-corrected chi connectivity index (χ1v) is 10.00. The van der Waals surface area contributed by atoms with Crippen molar-refractivity contribution in [3.8, 4) is 11.5 Å². The number of hydrogen-bond acceptors (Lipinski definition) is 3. The third kappa shape index (κ3) is 4.64. The van der Waals surface area contributed by atoms with E-state index in [0.717, 1.165) is 42.8 Å². The predicted molar refractivity (Wildman–Crippen MR) is 110 cm³/mol. The zero-order valence-electron chi connectivity index (χ0n) is 15.8. The Kier molecular flexibility index (Phi) is 5.64. The summed E-state index contributed by atoms with van der Waals surface area (Å²) in [7, 11) is 0. The van der Waals surface area contributed by atoms with Crippen LogP contribution in [0.25, 0.3) is 10.9 Å². The van der Waals surface area contributed by atoms with Crippen molar-refractivity contribution in [3.63, 3.8) is 0 Å². The molecule has 4 nitrogen and oxygen atoms in total. The molecule has 1 aromatic heterocycles. The van der Waals surface area contributed by atoms with Crippen LogP contribution in [-0.2, 0) is 6.54 Å². The molecule has 2 aromatic carbocycles. The van der Waals surface area contributed by atoms with E-state index in [4.69, 9.17) is 4.74 Å². The van der Waals surface area contributed by atoms with Crippen LogP contribution in [0, 0.1) is 0 Å². The fourth-order valence-electron chi connectivity index (χ4n) is 3.87. The Bertz CT molecular complexity index is 864. The molecule has 3 aromatic rings. The van der Waals surface area contributed by atoms with Crippen molar-refractivity contribution >= 4 is 10.9 Å². The molecule has 2 heterocycles. The van der Waals surface area contributed by atoms with Gasteiger partial charge >= 0.3 is 0 Å². The molecule has 4 heteroatoms. The number of piperidine rings is 1. The first-order chi connectivity index (χ1) is 13.3. The summed E-state index contributed by atoms with van der Waals surface area (Å²) < 4.78 is 8.11. The average molecular weight is 364 g/mol. The first-order valence-electron chi connectivity index (χ1n) is 10.00. The molecule has 142 valence electrons. The largest absolute Gasteiger partial charge is 0.508 e. The van der Waals surface area contributed by atoms with E-state index in [-0.39, 0.29) is 0 Å². The van der Waals surface area contributed by atoms with Crippen LogP contribution in [0.1, 0.15) is 31.2 Å². The van der Waals surface area contributed by atoms with Crippen molar-refractivity contribution in [2.45, 2.75) is 32.2 Å². The third-order valence-corrected chi connectivity index (χ3v) is 5.37. The minimum Gasteiger partial charge on any atom is -0.508 e. The van der Waals surface area contributed by atoms with E-state index >= 15 is 0 Å². The van der Waals surface area contributed by atoms with Crippen molar-refractivity contribution in [2.75, 3.05) is 26.2 Å². The molecule has 27 heavy (non-hydrogen) atoms. The van der Waals surface area contributed by atoms with Gasteiger partial charge in [-0.15, -0.1) is 0 Å². The highest BCUT2D eigenvalue weighted by atomic mass is 16.5. The van der Waals surface area contributed by atoms with Crippen LogP contribution >= 0.6 is 0 Å². The summed E-state index contributed by atoms with van der Waals surface area (Å²) in [5.41, 5.74) is 2.37. The summed E-state index contributed by atoms with van der Waals surface area (Å²) in [4.78, 5) is 2.55. The zero-order valence-corrected chi connectivity index (χ0v) is 15.8. The average Bonchev–Trinajstić information content (AvgIpc) is 3.09. The van der Waals surface area contributed by atoms with Gasteiger partial charge < -0.3 is 19.3 Å². The smallest absolute Gasteiger partial charge is 0.119 e. The number of fused-ring (bicyclic) bond motifs is 1. The summed E-state index contributed by atoms with van der Waals surface area (Å²) in [6.07, 6.45) is 7.24. The van der Waals surface area contributed by atoms with Crippen LogP contribution in [0.5, 0.6) is 11.5 Å². The topological polar surface area (TPSA) is 37.6 Å². The van der Waals surface area contributed by atoms with Crippen LogP contribution in [0.15, 0.2) is 54.7 Å². The van der Waals surface area contributed by atoms with Gasteiger partial charge in [-0.2, -0.15) is 0 Å². The number of phenols is 1. The predicted octanol–water partition coefficient (Wildman–Crippen LogP) is 4.65. The summed E-state index contributed by atoms with van der Waals surface area (Å²) in [6, 6.07) is 15.9. The lowest BCUT2D eigenvalue weighted by molar-refractivity contribution is 0.205. The molecule has 1 aliphatic heterocycles. The summed E-state index contributed by atoms with van der Waals surface area (Å²) in [5, 5.41) is 10.7. The number of likely N-dealkylation sites (tertiary alicyclic amines) is 1. The third-order valence-electron chi connectivity index (χ3n) is 5.37. The van der Waals surface area contributed by atoms with E-state index in [9.17, 15) is 5.11 Å². The fraction of sp³-hybridized carbons (Fsp3) is 0.391. The molecule has 0 radical (unpaired) electrons. The van der Waals surface area contributed by atoms with Gasteiger partial charge in [0.2, 0.25) is 0 Å². The second kappa shape index (κ2) is 8.49. The van der Waals surface area contributed by atoms with E-state index in [1.165, 1.54) is 37.9 Å². The molecule has 0 bridgehead atoms. The van der Waals surface area contributed by atoms with E-state index < -0.39 is 0 Å². The molecule has 1 aliphatic rings. The van der Waals surface area contributed by atoms with Crippen molar-refractivity contribution in [1.82, 2.24) is 9.47 Å². The number of nitrogens with zero attached hydrogens (tertiary/aromatic N) is 2. The molecule has 1 fully saturated rings. The molecular formula is C23H28N2O2. The molecule has 0 spiro atoms. The van der Waals surface area contributed by atoms with Crippen LogP contribution in [0.2, 0.25) is 0 Å². The molecule has 0 unspecified atom stereocenters. The Balaban J connectivity index is 1.28. The van der Waals surface area contributed by atoms with Gasteiger partial charge in [0.05, 0.1) is 6.61 Å². The number of benzene rings is 2.